The van der Waals surface area contributed by atoms with Gasteiger partial charge in [0, 0.05) is 19.7 Å². The molecule has 0 atom stereocenters. The maximum atomic E-state index is 11.5. The minimum absolute atomic E-state index is 0.316. The van der Waals surface area contributed by atoms with Crippen LogP contribution >= 0.6 is 0 Å². The summed E-state index contributed by atoms with van der Waals surface area (Å²) < 4.78 is 10.9. The van der Waals surface area contributed by atoms with Crippen molar-refractivity contribution in [3.8, 4) is 0 Å². The van der Waals surface area contributed by atoms with Crippen LogP contribution in [0.5, 0.6) is 0 Å². The molecule has 1 aliphatic rings. The monoisotopic (exact) mass is 314 g/mol. The van der Waals surface area contributed by atoms with Crippen LogP contribution in [0.15, 0.2) is 0 Å². The molecule has 0 bridgehead atoms. The van der Waals surface area contributed by atoms with Crippen molar-refractivity contribution >= 4 is 6.09 Å². The molecule has 5 heteroatoms. The standard InChI is InChI=1S/C17H34N2O3/c1-13(2)10-18-6-7-21-12-15-8-14(9-15)11-19-16(20)22-17(3,4)5/h13-15,18H,6-12H2,1-5H3,(H,19,20). The third-order valence-electron chi connectivity index (χ3n) is 3.60. The first-order chi connectivity index (χ1) is 10.3. The van der Waals surface area contributed by atoms with Gasteiger partial charge in [0.05, 0.1) is 6.61 Å². The lowest BCUT2D eigenvalue weighted by molar-refractivity contribution is 0.0362. The number of hydrogen-bond acceptors (Lipinski definition) is 4. The summed E-state index contributed by atoms with van der Waals surface area (Å²) in [6, 6.07) is 0. The third kappa shape index (κ3) is 9.26. The van der Waals surface area contributed by atoms with Gasteiger partial charge in [0.2, 0.25) is 0 Å². The second-order valence-corrected chi connectivity index (χ2v) is 7.76. The number of ether oxygens (including phenoxy) is 2. The second kappa shape index (κ2) is 9.36. The fourth-order valence-corrected chi connectivity index (χ4v) is 2.50. The van der Waals surface area contributed by atoms with Gasteiger partial charge in [-0.15, -0.1) is 0 Å². The van der Waals surface area contributed by atoms with Gasteiger partial charge >= 0.3 is 6.09 Å². The highest BCUT2D eigenvalue weighted by atomic mass is 16.6. The first-order valence-electron chi connectivity index (χ1n) is 8.51. The fraction of sp³-hybridized carbons (Fsp3) is 0.941. The summed E-state index contributed by atoms with van der Waals surface area (Å²) in [6.07, 6.45) is 1.95. The molecule has 1 fully saturated rings. The number of hydrogen-bond donors (Lipinski definition) is 2. The van der Waals surface area contributed by atoms with Crippen LogP contribution in [-0.2, 0) is 9.47 Å². The number of alkyl carbamates (subject to hydrolysis) is 1. The molecule has 22 heavy (non-hydrogen) atoms. The van der Waals surface area contributed by atoms with Gasteiger partial charge in [0.15, 0.2) is 0 Å². The summed E-state index contributed by atoms with van der Waals surface area (Å²) in [6.45, 7) is 14.3. The van der Waals surface area contributed by atoms with Crippen LogP contribution in [0.4, 0.5) is 4.79 Å². The van der Waals surface area contributed by atoms with Crippen LogP contribution in [-0.4, -0.2) is 44.5 Å². The van der Waals surface area contributed by atoms with Crippen molar-refractivity contribution < 1.29 is 14.3 Å². The van der Waals surface area contributed by atoms with Gasteiger partial charge in [-0.05, 0) is 57.9 Å². The molecular formula is C17H34N2O3. The lowest BCUT2D eigenvalue weighted by Gasteiger charge is -2.35. The summed E-state index contributed by atoms with van der Waals surface area (Å²) in [4.78, 5) is 11.5. The van der Waals surface area contributed by atoms with Gasteiger partial charge in [-0.25, -0.2) is 4.79 Å². The average Bonchev–Trinajstić information content (AvgIpc) is 2.31. The molecule has 0 saturated heterocycles. The van der Waals surface area contributed by atoms with E-state index in [1.807, 2.05) is 20.8 Å². The first-order valence-corrected chi connectivity index (χ1v) is 8.51. The van der Waals surface area contributed by atoms with E-state index in [1.54, 1.807) is 0 Å². The van der Waals surface area contributed by atoms with E-state index in [4.69, 9.17) is 9.47 Å². The summed E-state index contributed by atoms with van der Waals surface area (Å²) in [5.74, 6) is 1.90. The zero-order valence-electron chi connectivity index (χ0n) is 14.9. The highest BCUT2D eigenvalue weighted by molar-refractivity contribution is 5.67. The maximum Gasteiger partial charge on any atom is 0.407 e. The molecule has 0 radical (unpaired) electrons. The molecule has 0 unspecified atom stereocenters. The topological polar surface area (TPSA) is 59.6 Å². The Morgan fingerprint density at radius 3 is 2.50 bits per heavy atom. The van der Waals surface area contributed by atoms with Crippen LogP contribution in [0.1, 0.15) is 47.5 Å². The van der Waals surface area contributed by atoms with Gasteiger partial charge in [0.25, 0.3) is 0 Å². The van der Waals surface area contributed by atoms with Gasteiger partial charge in [0.1, 0.15) is 5.60 Å². The molecule has 0 aromatic heterocycles. The molecule has 0 heterocycles. The van der Waals surface area contributed by atoms with Crippen LogP contribution in [0.2, 0.25) is 0 Å². The minimum Gasteiger partial charge on any atom is -0.444 e. The van der Waals surface area contributed by atoms with Crippen LogP contribution in [0, 0.1) is 17.8 Å². The Morgan fingerprint density at radius 2 is 1.91 bits per heavy atom. The van der Waals surface area contributed by atoms with Crippen LogP contribution in [0.3, 0.4) is 0 Å². The van der Waals surface area contributed by atoms with E-state index in [0.29, 0.717) is 24.3 Å². The lowest BCUT2D eigenvalue weighted by Crippen LogP contribution is -2.40. The van der Waals surface area contributed by atoms with Crippen molar-refractivity contribution in [1.82, 2.24) is 10.6 Å². The SMILES string of the molecule is CC(C)CNCCOCC1CC(CNC(=O)OC(C)(C)C)C1. The number of carbonyl (C=O) groups excluding carboxylic acids is 1. The summed E-state index contributed by atoms with van der Waals surface area (Å²) in [7, 11) is 0. The number of rotatable bonds is 9. The molecule has 1 amide bonds. The molecule has 0 aliphatic heterocycles. The Hall–Kier alpha value is -0.810. The van der Waals surface area contributed by atoms with E-state index in [9.17, 15) is 4.79 Å². The van der Waals surface area contributed by atoms with E-state index in [2.05, 4.69) is 24.5 Å². The zero-order valence-corrected chi connectivity index (χ0v) is 14.9. The van der Waals surface area contributed by atoms with Crippen molar-refractivity contribution in [3.63, 3.8) is 0 Å². The molecule has 1 saturated carbocycles. The molecule has 1 aliphatic carbocycles. The molecular weight excluding hydrogens is 280 g/mol. The van der Waals surface area contributed by atoms with Crippen molar-refractivity contribution in [3.05, 3.63) is 0 Å². The van der Waals surface area contributed by atoms with Crippen molar-refractivity contribution in [2.24, 2.45) is 17.8 Å². The lowest BCUT2D eigenvalue weighted by atomic mass is 9.75. The van der Waals surface area contributed by atoms with Gasteiger partial charge in [-0.2, -0.15) is 0 Å². The Morgan fingerprint density at radius 1 is 1.23 bits per heavy atom. The van der Waals surface area contributed by atoms with Crippen LogP contribution in [0.25, 0.3) is 0 Å². The molecule has 5 nitrogen and oxygen atoms in total. The number of carbonyl (C=O) groups is 1. The maximum absolute atomic E-state index is 11.5. The molecule has 0 spiro atoms. The average molecular weight is 314 g/mol. The molecule has 130 valence electrons. The molecule has 1 rings (SSSR count). The molecule has 0 aromatic carbocycles. The van der Waals surface area contributed by atoms with E-state index in [1.165, 1.54) is 0 Å². The van der Waals surface area contributed by atoms with Gasteiger partial charge < -0.3 is 20.1 Å². The minimum atomic E-state index is -0.427. The number of amides is 1. The van der Waals surface area contributed by atoms with E-state index < -0.39 is 5.60 Å². The van der Waals surface area contributed by atoms with Gasteiger partial charge in [-0.1, -0.05) is 13.8 Å². The first kappa shape index (κ1) is 19.2. The Kier molecular flexibility index (Phi) is 8.18. The Labute approximate surface area is 135 Å². The largest absolute Gasteiger partial charge is 0.444 e. The Bertz CT molecular complexity index is 320. The Balaban J connectivity index is 1.92. The molecule has 2 N–H and O–H groups in total. The van der Waals surface area contributed by atoms with Gasteiger partial charge in [-0.3, -0.25) is 0 Å². The normalized spacial score (nSPS) is 21.5. The number of nitrogens with one attached hydrogen (secondary N) is 2. The second-order valence-electron chi connectivity index (χ2n) is 7.76. The van der Waals surface area contributed by atoms with Crippen LogP contribution < -0.4 is 10.6 Å². The highest BCUT2D eigenvalue weighted by Gasteiger charge is 2.29. The zero-order chi connectivity index (χ0) is 16.6. The van der Waals surface area contributed by atoms with Crippen molar-refractivity contribution in [2.45, 2.75) is 53.1 Å². The predicted molar refractivity (Wildman–Crippen MR) is 89.0 cm³/mol. The quantitative estimate of drug-likeness (QED) is 0.643. The fourth-order valence-electron chi connectivity index (χ4n) is 2.50. The molecule has 0 aromatic rings. The third-order valence-corrected chi connectivity index (χ3v) is 3.60. The van der Waals surface area contributed by atoms with E-state index in [-0.39, 0.29) is 6.09 Å². The van der Waals surface area contributed by atoms with E-state index >= 15 is 0 Å². The predicted octanol–water partition coefficient (Wildman–Crippen LogP) is 2.80. The summed E-state index contributed by atoms with van der Waals surface area (Å²) >= 11 is 0. The van der Waals surface area contributed by atoms with Crippen molar-refractivity contribution in [1.29, 1.82) is 0 Å². The smallest absolute Gasteiger partial charge is 0.407 e. The summed E-state index contributed by atoms with van der Waals surface area (Å²) in [5, 5.41) is 6.21. The highest BCUT2D eigenvalue weighted by Crippen LogP contribution is 2.33. The van der Waals surface area contributed by atoms with Crippen molar-refractivity contribution in [2.75, 3.05) is 32.8 Å². The van der Waals surface area contributed by atoms with E-state index in [0.717, 1.165) is 39.1 Å². The summed E-state index contributed by atoms with van der Waals surface area (Å²) in [5.41, 5.74) is -0.427.